The number of rotatable bonds is 7. The van der Waals surface area contributed by atoms with E-state index in [9.17, 15) is 4.79 Å². The number of hydrogen-bond donors (Lipinski definition) is 2. The number of hydrogen-bond acceptors (Lipinski definition) is 4. The maximum absolute atomic E-state index is 11.3. The second-order valence-corrected chi connectivity index (χ2v) is 5.12. The molecule has 0 unspecified atom stereocenters. The first-order valence-electron chi connectivity index (χ1n) is 4.80. The molecule has 1 aromatic heterocycles. The van der Waals surface area contributed by atoms with Crippen LogP contribution in [-0.4, -0.2) is 29.1 Å². The van der Waals surface area contributed by atoms with E-state index >= 15 is 0 Å². The van der Waals surface area contributed by atoms with Gasteiger partial charge in [-0.15, -0.1) is 11.3 Å². The molecule has 1 heterocycles. The molecule has 0 fully saturated rings. The molecular formula is C10H15NO2S2. The van der Waals surface area contributed by atoms with Crippen LogP contribution in [0.15, 0.2) is 17.5 Å². The quantitative estimate of drug-likeness (QED) is 0.715. The Labute approximate surface area is 97.9 Å². The van der Waals surface area contributed by atoms with E-state index in [1.165, 1.54) is 4.88 Å². The highest BCUT2D eigenvalue weighted by Crippen LogP contribution is 2.07. The normalized spacial score (nSPS) is 10.2. The molecule has 1 aromatic rings. The van der Waals surface area contributed by atoms with Crippen molar-refractivity contribution in [3.05, 3.63) is 22.4 Å². The fraction of sp³-hybridized carbons (Fsp3) is 0.500. The number of aliphatic hydroxyl groups is 1. The Morgan fingerprint density at radius 2 is 2.47 bits per heavy atom. The fourth-order valence-electron chi connectivity index (χ4n) is 0.981. The lowest BCUT2D eigenvalue weighted by Gasteiger charge is -2.02. The molecule has 0 spiro atoms. The SMILES string of the molecule is O=C(CSCCCO)NCc1cccs1. The Kier molecular flexibility index (Phi) is 6.47. The van der Waals surface area contributed by atoms with E-state index in [-0.39, 0.29) is 12.5 Å². The van der Waals surface area contributed by atoms with Crippen LogP contribution in [0, 0.1) is 0 Å². The molecule has 1 amide bonds. The molecule has 0 bridgehead atoms. The van der Waals surface area contributed by atoms with E-state index in [0.29, 0.717) is 12.3 Å². The van der Waals surface area contributed by atoms with Crippen molar-refractivity contribution >= 4 is 29.0 Å². The van der Waals surface area contributed by atoms with Crippen LogP contribution in [0.5, 0.6) is 0 Å². The lowest BCUT2D eigenvalue weighted by atomic mass is 10.4. The van der Waals surface area contributed by atoms with Gasteiger partial charge in [0, 0.05) is 11.5 Å². The van der Waals surface area contributed by atoms with Gasteiger partial charge in [0.15, 0.2) is 0 Å². The van der Waals surface area contributed by atoms with E-state index in [1.807, 2.05) is 17.5 Å². The zero-order valence-corrected chi connectivity index (χ0v) is 10.1. The van der Waals surface area contributed by atoms with Crippen molar-refractivity contribution in [2.24, 2.45) is 0 Å². The van der Waals surface area contributed by atoms with Gasteiger partial charge in [-0.25, -0.2) is 0 Å². The molecule has 0 aliphatic carbocycles. The van der Waals surface area contributed by atoms with Crippen LogP contribution < -0.4 is 5.32 Å². The largest absolute Gasteiger partial charge is 0.396 e. The number of nitrogens with one attached hydrogen (secondary N) is 1. The lowest BCUT2D eigenvalue weighted by Crippen LogP contribution is -2.24. The highest BCUT2D eigenvalue weighted by atomic mass is 32.2. The van der Waals surface area contributed by atoms with Crippen molar-refractivity contribution < 1.29 is 9.90 Å². The summed E-state index contributed by atoms with van der Waals surface area (Å²) in [5, 5.41) is 13.4. The van der Waals surface area contributed by atoms with Gasteiger partial charge in [-0.1, -0.05) is 6.07 Å². The Morgan fingerprint density at radius 3 is 3.13 bits per heavy atom. The Hall–Kier alpha value is -0.520. The average molecular weight is 245 g/mol. The molecular weight excluding hydrogens is 230 g/mol. The fourth-order valence-corrected chi connectivity index (χ4v) is 2.39. The van der Waals surface area contributed by atoms with E-state index in [0.717, 1.165) is 12.2 Å². The van der Waals surface area contributed by atoms with Crippen molar-refractivity contribution in [3.8, 4) is 0 Å². The maximum atomic E-state index is 11.3. The van der Waals surface area contributed by atoms with Gasteiger partial charge in [0.05, 0.1) is 12.3 Å². The minimum atomic E-state index is 0.0614. The van der Waals surface area contributed by atoms with Gasteiger partial charge in [-0.3, -0.25) is 4.79 Å². The summed E-state index contributed by atoms with van der Waals surface area (Å²) in [5.41, 5.74) is 0. The highest BCUT2D eigenvalue weighted by molar-refractivity contribution is 7.99. The monoisotopic (exact) mass is 245 g/mol. The summed E-state index contributed by atoms with van der Waals surface area (Å²) in [5.74, 6) is 1.38. The first kappa shape index (κ1) is 12.5. The summed E-state index contributed by atoms with van der Waals surface area (Å²) in [7, 11) is 0. The predicted octanol–water partition coefficient (Wildman–Crippen LogP) is 1.48. The summed E-state index contributed by atoms with van der Waals surface area (Å²) in [4.78, 5) is 12.5. The van der Waals surface area contributed by atoms with Crippen LogP contribution in [0.4, 0.5) is 0 Å². The van der Waals surface area contributed by atoms with Gasteiger partial charge in [0.2, 0.25) is 5.91 Å². The van der Waals surface area contributed by atoms with Gasteiger partial charge in [0.1, 0.15) is 0 Å². The summed E-state index contributed by atoms with van der Waals surface area (Å²) >= 11 is 3.20. The predicted molar refractivity (Wildman–Crippen MR) is 65.2 cm³/mol. The molecule has 5 heteroatoms. The van der Waals surface area contributed by atoms with E-state index in [1.54, 1.807) is 23.1 Å². The third-order valence-corrected chi connectivity index (χ3v) is 3.64. The maximum Gasteiger partial charge on any atom is 0.230 e. The van der Waals surface area contributed by atoms with E-state index < -0.39 is 0 Å². The molecule has 15 heavy (non-hydrogen) atoms. The van der Waals surface area contributed by atoms with Crippen molar-refractivity contribution in [1.29, 1.82) is 0 Å². The van der Waals surface area contributed by atoms with Gasteiger partial charge < -0.3 is 10.4 Å². The highest BCUT2D eigenvalue weighted by Gasteiger charge is 2.01. The second-order valence-electron chi connectivity index (χ2n) is 2.99. The van der Waals surface area contributed by atoms with E-state index in [4.69, 9.17) is 5.11 Å². The Bertz CT molecular complexity index is 275. The van der Waals surface area contributed by atoms with Gasteiger partial charge >= 0.3 is 0 Å². The Morgan fingerprint density at radius 1 is 1.60 bits per heavy atom. The first-order chi connectivity index (χ1) is 7.33. The number of amides is 1. The number of carbonyl (C=O) groups is 1. The third kappa shape index (κ3) is 5.81. The number of carbonyl (C=O) groups excluding carboxylic acids is 1. The average Bonchev–Trinajstić information content (AvgIpc) is 2.74. The number of thioether (sulfide) groups is 1. The summed E-state index contributed by atoms with van der Waals surface area (Å²) in [6.07, 6.45) is 0.753. The zero-order chi connectivity index (χ0) is 10.9. The lowest BCUT2D eigenvalue weighted by molar-refractivity contribution is -0.118. The topological polar surface area (TPSA) is 49.3 Å². The van der Waals surface area contributed by atoms with Crippen LogP contribution in [-0.2, 0) is 11.3 Å². The Balaban J connectivity index is 2.04. The molecule has 0 aliphatic heterocycles. The molecule has 0 atom stereocenters. The molecule has 1 rings (SSSR count). The number of aliphatic hydroxyl groups excluding tert-OH is 1. The van der Waals surface area contributed by atoms with Crippen LogP contribution >= 0.6 is 23.1 Å². The molecule has 2 N–H and O–H groups in total. The molecule has 0 aromatic carbocycles. The molecule has 3 nitrogen and oxygen atoms in total. The molecule has 0 radical (unpaired) electrons. The van der Waals surface area contributed by atoms with Crippen LogP contribution in [0.25, 0.3) is 0 Å². The standard InChI is InChI=1S/C10H15NO2S2/c12-4-2-5-14-8-10(13)11-7-9-3-1-6-15-9/h1,3,6,12H,2,4-5,7-8H2,(H,11,13). The minimum absolute atomic E-state index is 0.0614. The zero-order valence-electron chi connectivity index (χ0n) is 8.44. The molecule has 0 saturated carbocycles. The van der Waals surface area contributed by atoms with Crippen molar-refractivity contribution in [2.75, 3.05) is 18.1 Å². The van der Waals surface area contributed by atoms with Gasteiger partial charge in [-0.05, 0) is 23.6 Å². The smallest absolute Gasteiger partial charge is 0.230 e. The van der Waals surface area contributed by atoms with Gasteiger partial charge in [0.25, 0.3) is 0 Å². The summed E-state index contributed by atoms with van der Waals surface area (Å²) < 4.78 is 0. The first-order valence-corrected chi connectivity index (χ1v) is 6.84. The van der Waals surface area contributed by atoms with Crippen molar-refractivity contribution in [3.63, 3.8) is 0 Å². The van der Waals surface area contributed by atoms with Crippen molar-refractivity contribution in [1.82, 2.24) is 5.32 Å². The second kappa shape index (κ2) is 7.73. The molecule has 84 valence electrons. The summed E-state index contributed by atoms with van der Waals surface area (Å²) in [6, 6.07) is 3.98. The van der Waals surface area contributed by atoms with Crippen LogP contribution in [0.3, 0.4) is 0 Å². The number of thiophene rings is 1. The van der Waals surface area contributed by atoms with E-state index in [2.05, 4.69) is 5.32 Å². The van der Waals surface area contributed by atoms with Crippen molar-refractivity contribution in [2.45, 2.75) is 13.0 Å². The third-order valence-electron chi connectivity index (χ3n) is 1.72. The minimum Gasteiger partial charge on any atom is -0.396 e. The van der Waals surface area contributed by atoms with Gasteiger partial charge in [-0.2, -0.15) is 11.8 Å². The van der Waals surface area contributed by atoms with Crippen LogP contribution in [0.2, 0.25) is 0 Å². The molecule has 0 aliphatic rings. The van der Waals surface area contributed by atoms with Crippen LogP contribution in [0.1, 0.15) is 11.3 Å². The molecule has 0 saturated heterocycles. The summed E-state index contributed by atoms with van der Waals surface area (Å²) in [6.45, 7) is 0.820.